The molecule has 0 radical (unpaired) electrons. The van der Waals surface area contributed by atoms with Gasteiger partial charge in [-0.15, -0.1) is 10.2 Å². The lowest BCUT2D eigenvalue weighted by Gasteiger charge is -2.09. The Hall–Kier alpha value is -3.20. The Labute approximate surface area is 156 Å². The second-order valence-electron chi connectivity index (χ2n) is 5.49. The maximum Gasteiger partial charge on any atom is 0.314 e. The molecule has 0 aliphatic rings. The summed E-state index contributed by atoms with van der Waals surface area (Å²) in [6.45, 7) is 0.400. The van der Waals surface area contributed by atoms with Crippen LogP contribution in [-0.2, 0) is 6.54 Å². The molecule has 0 spiro atoms. The summed E-state index contributed by atoms with van der Waals surface area (Å²) in [5, 5.41) is 7.40. The zero-order chi connectivity index (χ0) is 18.8. The van der Waals surface area contributed by atoms with Gasteiger partial charge in [0.2, 0.25) is 5.89 Å². The highest BCUT2D eigenvalue weighted by Gasteiger charge is 2.19. The fraction of sp³-hybridized carbons (Fsp3) is 0.118. The summed E-state index contributed by atoms with van der Waals surface area (Å²) in [7, 11) is 0. The number of halogens is 3. The van der Waals surface area contributed by atoms with E-state index in [0.717, 1.165) is 5.69 Å². The average Bonchev–Trinajstić information content (AvgIpc) is 3.31. The average molecular weight is 389 g/mol. The quantitative estimate of drug-likeness (QED) is 0.513. The van der Waals surface area contributed by atoms with Crippen LogP contribution < -0.4 is 0 Å². The van der Waals surface area contributed by atoms with Gasteiger partial charge in [-0.1, -0.05) is 17.7 Å². The van der Waals surface area contributed by atoms with Crippen LogP contribution in [0.2, 0.25) is 5.15 Å². The Balaban J connectivity index is 1.70. The van der Waals surface area contributed by atoms with E-state index < -0.39 is 12.3 Å². The van der Waals surface area contributed by atoms with Crippen LogP contribution in [0.5, 0.6) is 0 Å². The second-order valence-corrected chi connectivity index (χ2v) is 5.87. The van der Waals surface area contributed by atoms with Gasteiger partial charge in [-0.3, -0.25) is 9.97 Å². The molecular weight excluding hydrogens is 378 g/mol. The summed E-state index contributed by atoms with van der Waals surface area (Å²) < 4.78 is 32.1. The van der Waals surface area contributed by atoms with E-state index in [9.17, 15) is 8.78 Å². The molecule has 4 aromatic rings. The van der Waals surface area contributed by atoms with Crippen molar-refractivity contribution in [2.75, 3.05) is 0 Å². The van der Waals surface area contributed by atoms with E-state index >= 15 is 0 Å². The van der Waals surface area contributed by atoms with Crippen LogP contribution in [0.1, 0.15) is 18.0 Å². The lowest BCUT2D eigenvalue weighted by molar-refractivity contribution is 0.116. The third kappa shape index (κ3) is 3.54. The summed E-state index contributed by atoms with van der Waals surface area (Å²) in [5.74, 6) is -0.257. The van der Waals surface area contributed by atoms with Crippen molar-refractivity contribution in [1.82, 2.24) is 29.7 Å². The number of hydrogen-bond donors (Lipinski definition) is 0. The Kier molecular flexibility index (Phi) is 4.59. The van der Waals surface area contributed by atoms with Gasteiger partial charge >= 0.3 is 6.43 Å². The van der Waals surface area contributed by atoms with Crippen molar-refractivity contribution < 1.29 is 13.2 Å². The van der Waals surface area contributed by atoms with Gasteiger partial charge in [-0.25, -0.2) is 4.98 Å². The number of pyridine rings is 2. The SMILES string of the molecule is FC(F)c1nnc(-c2ccnc(-c3ncc(Cl)n3Cc3ccccn3)c2)o1. The van der Waals surface area contributed by atoms with Crippen LogP contribution >= 0.6 is 11.6 Å². The van der Waals surface area contributed by atoms with Gasteiger partial charge in [0.15, 0.2) is 5.82 Å². The number of aromatic nitrogens is 6. The minimum atomic E-state index is -2.83. The van der Waals surface area contributed by atoms with Crippen molar-refractivity contribution >= 4 is 11.6 Å². The van der Waals surface area contributed by atoms with Crippen molar-refractivity contribution in [1.29, 1.82) is 0 Å². The molecule has 0 fully saturated rings. The third-order valence-corrected chi connectivity index (χ3v) is 4.02. The van der Waals surface area contributed by atoms with Crippen molar-refractivity contribution in [3.05, 3.63) is 65.7 Å². The minimum absolute atomic E-state index is 0.0251. The van der Waals surface area contributed by atoms with E-state index in [1.807, 2.05) is 18.2 Å². The summed E-state index contributed by atoms with van der Waals surface area (Å²) in [6, 6.07) is 8.77. The van der Waals surface area contributed by atoms with Gasteiger partial charge in [0.05, 0.1) is 18.4 Å². The third-order valence-electron chi connectivity index (χ3n) is 3.72. The van der Waals surface area contributed by atoms with Crippen LogP contribution in [0, 0.1) is 0 Å². The molecule has 0 saturated carbocycles. The van der Waals surface area contributed by atoms with E-state index in [1.165, 1.54) is 12.4 Å². The van der Waals surface area contributed by atoms with E-state index in [-0.39, 0.29) is 5.89 Å². The van der Waals surface area contributed by atoms with Crippen LogP contribution in [0.25, 0.3) is 23.0 Å². The standard InChI is InChI=1S/C17H11ClF2N6O/c18-13-8-23-15(26(13)9-11-3-1-2-5-21-11)12-7-10(4-6-22-12)16-24-25-17(27-16)14(19)20/h1-8,14H,9H2. The number of hydrogen-bond acceptors (Lipinski definition) is 6. The first-order valence-corrected chi connectivity index (χ1v) is 8.19. The molecule has 0 saturated heterocycles. The van der Waals surface area contributed by atoms with Gasteiger partial charge in [-0.05, 0) is 24.3 Å². The van der Waals surface area contributed by atoms with E-state index in [4.69, 9.17) is 16.0 Å². The van der Waals surface area contributed by atoms with Crippen LogP contribution in [0.15, 0.2) is 53.3 Å². The molecule has 0 aliphatic carbocycles. The zero-order valence-electron chi connectivity index (χ0n) is 13.6. The molecule has 0 aliphatic heterocycles. The van der Waals surface area contributed by atoms with Gasteiger partial charge in [0.1, 0.15) is 10.8 Å². The molecule has 4 rings (SSSR count). The van der Waals surface area contributed by atoms with Crippen molar-refractivity contribution in [2.24, 2.45) is 0 Å². The normalized spacial score (nSPS) is 11.3. The predicted molar refractivity (Wildman–Crippen MR) is 92.1 cm³/mol. The molecule has 4 aromatic heterocycles. The smallest absolute Gasteiger partial charge is 0.314 e. The molecule has 0 amide bonds. The van der Waals surface area contributed by atoms with E-state index in [1.54, 1.807) is 22.9 Å². The maximum absolute atomic E-state index is 12.7. The highest BCUT2D eigenvalue weighted by Crippen LogP contribution is 2.27. The van der Waals surface area contributed by atoms with Gasteiger partial charge in [-0.2, -0.15) is 8.78 Å². The summed E-state index contributed by atoms with van der Waals surface area (Å²) in [4.78, 5) is 12.9. The number of alkyl halides is 2. The number of rotatable bonds is 5. The number of nitrogens with zero attached hydrogens (tertiary/aromatic N) is 6. The van der Waals surface area contributed by atoms with Crippen LogP contribution in [0.4, 0.5) is 8.78 Å². The Morgan fingerprint density at radius 1 is 1.07 bits per heavy atom. The molecular formula is C17H11ClF2N6O. The molecule has 0 bridgehead atoms. The lowest BCUT2D eigenvalue weighted by atomic mass is 10.2. The lowest BCUT2D eigenvalue weighted by Crippen LogP contribution is -2.04. The molecule has 0 N–H and O–H groups in total. The highest BCUT2D eigenvalue weighted by atomic mass is 35.5. The van der Waals surface area contributed by atoms with Gasteiger partial charge in [0.25, 0.3) is 5.89 Å². The molecule has 10 heteroatoms. The molecule has 0 unspecified atom stereocenters. The summed E-state index contributed by atoms with van der Waals surface area (Å²) in [5.41, 5.74) is 1.73. The van der Waals surface area contributed by atoms with Crippen LogP contribution in [-0.4, -0.2) is 29.7 Å². The highest BCUT2D eigenvalue weighted by molar-refractivity contribution is 6.29. The van der Waals surface area contributed by atoms with Crippen molar-refractivity contribution in [3.8, 4) is 23.0 Å². The maximum atomic E-state index is 12.7. The largest absolute Gasteiger partial charge is 0.415 e. The van der Waals surface area contributed by atoms with E-state index in [0.29, 0.717) is 28.8 Å². The minimum Gasteiger partial charge on any atom is -0.415 e. The first-order chi connectivity index (χ1) is 13.1. The van der Waals surface area contributed by atoms with Gasteiger partial charge in [0, 0.05) is 18.0 Å². The predicted octanol–water partition coefficient (Wildman–Crippen LogP) is 4.03. The second kappa shape index (κ2) is 7.20. The van der Waals surface area contributed by atoms with Gasteiger partial charge < -0.3 is 8.98 Å². The molecule has 4 heterocycles. The van der Waals surface area contributed by atoms with E-state index in [2.05, 4.69) is 25.1 Å². The molecule has 0 atom stereocenters. The van der Waals surface area contributed by atoms with Crippen molar-refractivity contribution in [2.45, 2.75) is 13.0 Å². The fourth-order valence-electron chi connectivity index (χ4n) is 2.49. The Morgan fingerprint density at radius 3 is 2.70 bits per heavy atom. The van der Waals surface area contributed by atoms with Crippen molar-refractivity contribution in [3.63, 3.8) is 0 Å². The fourth-order valence-corrected chi connectivity index (χ4v) is 2.68. The first kappa shape index (κ1) is 17.2. The molecule has 136 valence electrons. The topological polar surface area (TPSA) is 82.5 Å². The van der Waals surface area contributed by atoms with Crippen LogP contribution in [0.3, 0.4) is 0 Å². The molecule has 27 heavy (non-hydrogen) atoms. The Morgan fingerprint density at radius 2 is 1.96 bits per heavy atom. The molecule has 7 nitrogen and oxygen atoms in total. The summed E-state index contributed by atoms with van der Waals surface area (Å²) >= 11 is 6.26. The number of imidazole rings is 1. The summed E-state index contributed by atoms with van der Waals surface area (Å²) in [6.07, 6.45) is 1.87. The zero-order valence-corrected chi connectivity index (χ0v) is 14.4. The first-order valence-electron chi connectivity index (χ1n) is 7.81. The monoisotopic (exact) mass is 388 g/mol. The Bertz CT molecular complexity index is 1070. The molecule has 0 aromatic carbocycles.